The van der Waals surface area contributed by atoms with Gasteiger partial charge in [0.05, 0.1) is 0 Å². The van der Waals surface area contributed by atoms with E-state index in [1.165, 1.54) is 18.6 Å². The van der Waals surface area contributed by atoms with Crippen LogP contribution in [0.15, 0.2) is 0 Å². The largest absolute Gasteiger partial charge is 0.336 e. The van der Waals surface area contributed by atoms with E-state index in [-0.39, 0.29) is 10.8 Å². The topological polar surface area (TPSA) is 67.2 Å². The second-order valence-corrected chi connectivity index (χ2v) is 4.91. The summed E-state index contributed by atoms with van der Waals surface area (Å²) in [5.41, 5.74) is 2.05. The predicted molar refractivity (Wildman–Crippen MR) is 50.8 cm³/mol. The number of hydrogen-bond donors (Lipinski definition) is 3. The molecule has 1 rings (SSSR count). The Kier molecular flexibility index (Phi) is 3.22. The summed E-state index contributed by atoms with van der Waals surface area (Å²) in [6.07, 6.45) is 2.41. The van der Waals surface area contributed by atoms with Crippen LogP contribution >= 0.6 is 11.8 Å². The van der Waals surface area contributed by atoms with Gasteiger partial charge in [0, 0.05) is 11.3 Å². The fourth-order valence-corrected chi connectivity index (χ4v) is 2.54. The number of rotatable bonds is 2. The van der Waals surface area contributed by atoms with E-state index < -0.39 is 0 Å². The van der Waals surface area contributed by atoms with Crippen LogP contribution in [-0.2, 0) is 0 Å². The summed E-state index contributed by atoms with van der Waals surface area (Å²) in [5.74, 6) is 6.13. The Morgan fingerprint density at radius 1 is 1.75 bits per heavy atom. The van der Waals surface area contributed by atoms with Crippen LogP contribution in [0.5, 0.6) is 0 Å². The van der Waals surface area contributed by atoms with Crippen LogP contribution in [0.2, 0.25) is 0 Å². The van der Waals surface area contributed by atoms with Crippen molar-refractivity contribution in [2.75, 3.05) is 12.3 Å². The Morgan fingerprint density at radius 3 is 3.00 bits per heavy atom. The first-order chi connectivity index (χ1) is 5.66. The van der Waals surface area contributed by atoms with E-state index in [0.29, 0.717) is 6.54 Å². The van der Waals surface area contributed by atoms with Crippen molar-refractivity contribution < 1.29 is 4.79 Å². The molecule has 0 spiro atoms. The molecule has 0 radical (unpaired) electrons. The number of amides is 2. The Bertz CT molecular complexity index is 168. The van der Waals surface area contributed by atoms with Crippen LogP contribution in [0.3, 0.4) is 0 Å². The Morgan fingerprint density at radius 2 is 2.50 bits per heavy atom. The van der Waals surface area contributed by atoms with Gasteiger partial charge in [0.25, 0.3) is 0 Å². The molecule has 0 aliphatic carbocycles. The lowest BCUT2D eigenvalue weighted by Gasteiger charge is -2.22. The third-order valence-corrected chi connectivity index (χ3v) is 3.59. The molecule has 5 heteroatoms. The van der Waals surface area contributed by atoms with Gasteiger partial charge in [-0.25, -0.2) is 10.6 Å². The minimum absolute atomic E-state index is 0.215. The van der Waals surface area contributed by atoms with Gasteiger partial charge >= 0.3 is 6.03 Å². The summed E-state index contributed by atoms with van der Waals surface area (Å²) in [5, 5.41) is 2.72. The second-order valence-electron chi connectivity index (χ2n) is 3.23. The molecular formula is C7H15N3OS. The average Bonchev–Trinajstić information content (AvgIpc) is 2.49. The quantitative estimate of drug-likeness (QED) is 0.335. The number of carbonyl (C=O) groups is 1. The maximum Gasteiger partial charge on any atom is 0.328 e. The highest BCUT2D eigenvalue weighted by molar-refractivity contribution is 8.00. The first-order valence-corrected chi connectivity index (χ1v) is 5.03. The molecule has 0 aromatic heterocycles. The first kappa shape index (κ1) is 9.67. The lowest BCUT2D eigenvalue weighted by Crippen LogP contribution is -2.45. The number of nitrogens with one attached hydrogen (secondary N) is 2. The SMILES string of the molecule is CC1(CNC(=O)NN)CCCS1. The molecule has 2 amide bonds. The number of thioether (sulfide) groups is 1. The zero-order chi connectivity index (χ0) is 9.03. The minimum atomic E-state index is -0.302. The molecule has 1 atom stereocenters. The van der Waals surface area contributed by atoms with E-state index in [0.717, 1.165) is 0 Å². The molecule has 1 unspecified atom stereocenters. The van der Waals surface area contributed by atoms with Gasteiger partial charge in [-0.15, -0.1) is 0 Å². The van der Waals surface area contributed by atoms with Crippen molar-refractivity contribution in [3.05, 3.63) is 0 Å². The van der Waals surface area contributed by atoms with Gasteiger partial charge in [0.2, 0.25) is 0 Å². The fraction of sp³-hybridized carbons (Fsp3) is 0.857. The van der Waals surface area contributed by atoms with E-state index in [4.69, 9.17) is 5.84 Å². The molecule has 1 saturated heterocycles. The predicted octanol–water partition coefficient (Wildman–Crippen LogP) is 0.445. The standard InChI is InChI=1S/C7H15N3OS/c1-7(3-2-4-12-7)5-9-6(11)10-8/h2-5,8H2,1H3,(H2,9,10,11). The average molecular weight is 189 g/mol. The van der Waals surface area contributed by atoms with Crippen molar-refractivity contribution in [1.82, 2.24) is 10.7 Å². The van der Waals surface area contributed by atoms with Crippen molar-refractivity contribution in [3.8, 4) is 0 Å². The van der Waals surface area contributed by atoms with Crippen LogP contribution in [0.25, 0.3) is 0 Å². The molecule has 4 nitrogen and oxygen atoms in total. The van der Waals surface area contributed by atoms with E-state index in [1.807, 2.05) is 17.2 Å². The number of nitrogens with two attached hydrogens (primary N) is 1. The van der Waals surface area contributed by atoms with Gasteiger partial charge in [0.1, 0.15) is 0 Å². The lowest BCUT2D eigenvalue weighted by atomic mass is 10.1. The molecule has 0 bridgehead atoms. The van der Waals surface area contributed by atoms with E-state index in [1.54, 1.807) is 0 Å². The zero-order valence-corrected chi connectivity index (χ0v) is 8.04. The normalized spacial score (nSPS) is 28.5. The summed E-state index contributed by atoms with van der Waals surface area (Å²) >= 11 is 1.91. The number of carbonyl (C=O) groups excluding carboxylic acids is 1. The van der Waals surface area contributed by atoms with Crippen molar-refractivity contribution >= 4 is 17.8 Å². The number of hydrazine groups is 1. The van der Waals surface area contributed by atoms with Gasteiger partial charge in [-0.1, -0.05) is 0 Å². The Hall–Kier alpha value is -0.420. The Labute approximate surface area is 76.6 Å². The molecule has 1 aliphatic heterocycles. The van der Waals surface area contributed by atoms with Crippen LogP contribution in [-0.4, -0.2) is 23.1 Å². The van der Waals surface area contributed by atoms with Crippen molar-refractivity contribution in [2.24, 2.45) is 5.84 Å². The summed E-state index contributed by atoms with van der Waals surface area (Å²) in [6, 6.07) is -0.302. The third kappa shape index (κ3) is 2.57. The molecule has 70 valence electrons. The van der Waals surface area contributed by atoms with Crippen LogP contribution in [0, 0.1) is 0 Å². The highest BCUT2D eigenvalue weighted by atomic mass is 32.2. The highest BCUT2D eigenvalue weighted by Crippen LogP contribution is 2.36. The van der Waals surface area contributed by atoms with Crippen molar-refractivity contribution in [1.29, 1.82) is 0 Å². The van der Waals surface area contributed by atoms with Gasteiger partial charge in [-0.05, 0) is 25.5 Å². The van der Waals surface area contributed by atoms with Gasteiger partial charge in [-0.3, -0.25) is 5.43 Å². The van der Waals surface area contributed by atoms with E-state index in [9.17, 15) is 4.79 Å². The molecule has 1 heterocycles. The summed E-state index contributed by atoms with van der Waals surface area (Å²) in [7, 11) is 0. The van der Waals surface area contributed by atoms with Gasteiger partial charge in [0.15, 0.2) is 0 Å². The maximum absolute atomic E-state index is 10.8. The summed E-state index contributed by atoms with van der Waals surface area (Å²) in [6.45, 7) is 2.86. The lowest BCUT2D eigenvalue weighted by molar-refractivity contribution is 0.240. The second kappa shape index (κ2) is 4.00. The van der Waals surface area contributed by atoms with E-state index in [2.05, 4.69) is 12.2 Å². The number of urea groups is 1. The Balaban J connectivity index is 2.25. The maximum atomic E-state index is 10.8. The molecule has 0 aromatic carbocycles. The van der Waals surface area contributed by atoms with E-state index >= 15 is 0 Å². The highest BCUT2D eigenvalue weighted by Gasteiger charge is 2.29. The van der Waals surface area contributed by atoms with Crippen LogP contribution < -0.4 is 16.6 Å². The zero-order valence-electron chi connectivity index (χ0n) is 7.22. The first-order valence-electron chi connectivity index (χ1n) is 4.05. The monoisotopic (exact) mass is 189 g/mol. The molecule has 1 fully saturated rings. The molecule has 12 heavy (non-hydrogen) atoms. The van der Waals surface area contributed by atoms with Crippen LogP contribution in [0.1, 0.15) is 19.8 Å². The number of hydrogen-bond acceptors (Lipinski definition) is 3. The molecule has 0 saturated carbocycles. The molecule has 4 N–H and O–H groups in total. The third-order valence-electron chi connectivity index (χ3n) is 2.05. The minimum Gasteiger partial charge on any atom is -0.336 e. The smallest absolute Gasteiger partial charge is 0.328 e. The molecular weight excluding hydrogens is 174 g/mol. The van der Waals surface area contributed by atoms with Gasteiger partial charge in [-0.2, -0.15) is 11.8 Å². The molecule has 1 aliphatic rings. The summed E-state index contributed by atoms with van der Waals surface area (Å²) in [4.78, 5) is 10.8. The summed E-state index contributed by atoms with van der Waals surface area (Å²) < 4.78 is 0.215. The van der Waals surface area contributed by atoms with Crippen molar-refractivity contribution in [2.45, 2.75) is 24.5 Å². The molecule has 0 aromatic rings. The van der Waals surface area contributed by atoms with Crippen molar-refractivity contribution in [3.63, 3.8) is 0 Å². The van der Waals surface area contributed by atoms with Crippen LogP contribution in [0.4, 0.5) is 4.79 Å². The van der Waals surface area contributed by atoms with Gasteiger partial charge < -0.3 is 5.32 Å². The fourth-order valence-electron chi connectivity index (χ4n) is 1.29.